The van der Waals surface area contributed by atoms with E-state index in [9.17, 15) is 0 Å². The average molecular weight is 237 g/mol. The van der Waals surface area contributed by atoms with Crippen molar-refractivity contribution >= 4 is 0 Å². The largest absolute Gasteiger partial charge is 0.464 e. The number of nitrogens with one attached hydrogen (secondary N) is 1. The van der Waals surface area contributed by atoms with Crippen molar-refractivity contribution in [3.05, 3.63) is 23.7 Å². The SMILES string of the molecule is CCC(CC)C1CNCC(c2ccc(C)o2)O1. The molecule has 0 radical (unpaired) electrons. The van der Waals surface area contributed by atoms with Gasteiger partial charge < -0.3 is 14.5 Å². The van der Waals surface area contributed by atoms with Crippen molar-refractivity contribution in [1.29, 1.82) is 0 Å². The van der Waals surface area contributed by atoms with Gasteiger partial charge in [-0.15, -0.1) is 0 Å². The van der Waals surface area contributed by atoms with Crippen LogP contribution in [0.5, 0.6) is 0 Å². The highest BCUT2D eigenvalue weighted by atomic mass is 16.5. The molecule has 0 amide bonds. The van der Waals surface area contributed by atoms with Crippen LogP contribution in [0.4, 0.5) is 0 Å². The van der Waals surface area contributed by atoms with Gasteiger partial charge in [0.05, 0.1) is 6.10 Å². The van der Waals surface area contributed by atoms with Gasteiger partial charge in [-0.25, -0.2) is 0 Å². The number of morpholine rings is 1. The quantitative estimate of drug-likeness (QED) is 0.874. The number of rotatable bonds is 4. The summed E-state index contributed by atoms with van der Waals surface area (Å²) in [5.41, 5.74) is 0. The molecule has 0 saturated carbocycles. The molecule has 1 aromatic rings. The van der Waals surface area contributed by atoms with Crippen LogP contribution in [-0.4, -0.2) is 19.2 Å². The highest BCUT2D eigenvalue weighted by molar-refractivity contribution is 5.09. The number of aryl methyl sites for hydroxylation is 1. The second-order valence-corrected chi connectivity index (χ2v) is 4.85. The zero-order valence-corrected chi connectivity index (χ0v) is 11.0. The molecule has 17 heavy (non-hydrogen) atoms. The van der Waals surface area contributed by atoms with Crippen LogP contribution in [0.25, 0.3) is 0 Å². The summed E-state index contributed by atoms with van der Waals surface area (Å²) in [4.78, 5) is 0. The summed E-state index contributed by atoms with van der Waals surface area (Å²) in [6.07, 6.45) is 2.73. The van der Waals surface area contributed by atoms with Crippen molar-refractivity contribution in [2.24, 2.45) is 5.92 Å². The molecule has 0 aromatic carbocycles. The van der Waals surface area contributed by atoms with Gasteiger partial charge in [0.15, 0.2) is 0 Å². The van der Waals surface area contributed by atoms with Gasteiger partial charge in [-0.3, -0.25) is 0 Å². The van der Waals surface area contributed by atoms with Crippen LogP contribution in [0.3, 0.4) is 0 Å². The van der Waals surface area contributed by atoms with Crippen molar-refractivity contribution in [2.75, 3.05) is 13.1 Å². The van der Waals surface area contributed by atoms with Crippen molar-refractivity contribution in [3.63, 3.8) is 0 Å². The zero-order chi connectivity index (χ0) is 12.3. The maximum absolute atomic E-state index is 6.17. The summed E-state index contributed by atoms with van der Waals surface area (Å²) in [6.45, 7) is 8.25. The van der Waals surface area contributed by atoms with Gasteiger partial charge in [0.2, 0.25) is 0 Å². The summed E-state index contributed by atoms with van der Waals surface area (Å²) < 4.78 is 11.8. The molecule has 0 spiro atoms. The predicted molar refractivity (Wildman–Crippen MR) is 68.0 cm³/mol. The molecule has 1 aliphatic heterocycles. The van der Waals surface area contributed by atoms with E-state index in [1.54, 1.807) is 0 Å². The first kappa shape index (κ1) is 12.7. The zero-order valence-electron chi connectivity index (χ0n) is 11.0. The fourth-order valence-corrected chi connectivity index (χ4v) is 2.55. The minimum absolute atomic E-state index is 0.0723. The highest BCUT2D eigenvalue weighted by Crippen LogP contribution is 2.28. The molecule has 2 atom stereocenters. The number of hydrogen-bond donors (Lipinski definition) is 1. The molecule has 1 aliphatic rings. The molecule has 2 heterocycles. The fraction of sp³-hybridized carbons (Fsp3) is 0.714. The summed E-state index contributed by atoms with van der Waals surface area (Å²) in [5, 5.41) is 3.46. The lowest BCUT2D eigenvalue weighted by molar-refractivity contribution is -0.0769. The summed E-state index contributed by atoms with van der Waals surface area (Å²) in [6, 6.07) is 4.02. The number of hydrogen-bond acceptors (Lipinski definition) is 3. The van der Waals surface area contributed by atoms with Crippen LogP contribution >= 0.6 is 0 Å². The standard InChI is InChI=1S/C14H23NO2/c1-4-11(5-2)13-8-15-9-14(17-13)12-7-6-10(3)16-12/h6-7,11,13-15H,4-5,8-9H2,1-3H3. The molecule has 1 fully saturated rings. The molecule has 3 nitrogen and oxygen atoms in total. The smallest absolute Gasteiger partial charge is 0.134 e. The molecular formula is C14H23NO2. The van der Waals surface area contributed by atoms with E-state index in [4.69, 9.17) is 9.15 Å². The van der Waals surface area contributed by atoms with Gasteiger partial charge in [-0.05, 0) is 25.0 Å². The Morgan fingerprint density at radius 1 is 1.29 bits per heavy atom. The Hall–Kier alpha value is -0.800. The summed E-state index contributed by atoms with van der Waals surface area (Å²) in [7, 11) is 0. The van der Waals surface area contributed by atoms with Crippen LogP contribution in [0, 0.1) is 12.8 Å². The maximum atomic E-state index is 6.17. The first-order valence-corrected chi connectivity index (χ1v) is 6.67. The monoisotopic (exact) mass is 237 g/mol. The topological polar surface area (TPSA) is 34.4 Å². The molecule has 3 heteroatoms. The van der Waals surface area contributed by atoms with Crippen molar-refractivity contribution in [2.45, 2.75) is 45.8 Å². The lowest BCUT2D eigenvalue weighted by Crippen LogP contribution is -2.44. The molecule has 1 saturated heterocycles. The third-order valence-electron chi connectivity index (χ3n) is 3.67. The van der Waals surface area contributed by atoms with Gasteiger partial charge >= 0.3 is 0 Å². The second kappa shape index (κ2) is 5.69. The second-order valence-electron chi connectivity index (χ2n) is 4.85. The maximum Gasteiger partial charge on any atom is 0.134 e. The molecule has 1 N–H and O–H groups in total. The van der Waals surface area contributed by atoms with Gasteiger partial charge in [-0.2, -0.15) is 0 Å². The first-order chi connectivity index (χ1) is 8.24. The lowest BCUT2D eigenvalue weighted by Gasteiger charge is -2.34. The highest BCUT2D eigenvalue weighted by Gasteiger charge is 2.29. The van der Waals surface area contributed by atoms with E-state index in [1.165, 1.54) is 12.8 Å². The van der Waals surface area contributed by atoms with Crippen molar-refractivity contribution in [3.8, 4) is 0 Å². The van der Waals surface area contributed by atoms with E-state index in [0.29, 0.717) is 12.0 Å². The van der Waals surface area contributed by atoms with E-state index in [1.807, 2.05) is 19.1 Å². The molecule has 2 rings (SSSR count). The average Bonchev–Trinajstić information content (AvgIpc) is 2.78. The van der Waals surface area contributed by atoms with E-state index in [0.717, 1.165) is 24.6 Å². The molecule has 1 aromatic heterocycles. The molecule has 2 unspecified atom stereocenters. The molecular weight excluding hydrogens is 214 g/mol. The third kappa shape index (κ3) is 2.90. The molecule has 0 bridgehead atoms. The predicted octanol–water partition coefficient (Wildman–Crippen LogP) is 3.05. The summed E-state index contributed by atoms with van der Waals surface area (Å²) in [5.74, 6) is 2.54. The minimum Gasteiger partial charge on any atom is -0.464 e. The van der Waals surface area contributed by atoms with Crippen LogP contribution in [-0.2, 0) is 4.74 Å². The van der Waals surface area contributed by atoms with E-state index in [2.05, 4.69) is 19.2 Å². The van der Waals surface area contributed by atoms with Gasteiger partial charge in [0.25, 0.3) is 0 Å². The normalized spacial score (nSPS) is 25.4. The lowest BCUT2D eigenvalue weighted by atomic mass is 9.95. The number of ether oxygens (including phenoxy) is 1. The van der Waals surface area contributed by atoms with Crippen LogP contribution in [0.15, 0.2) is 16.5 Å². The van der Waals surface area contributed by atoms with Gasteiger partial charge in [-0.1, -0.05) is 26.7 Å². The number of furan rings is 1. The Morgan fingerprint density at radius 3 is 2.65 bits per heavy atom. The van der Waals surface area contributed by atoms with E-state index >= 15 is 0 Å². The van der Waals surface area contributed by atoms with Gasteiger partial charge in [0, 0.05) is 13.1 Å². The summed E-state index contributed by atoms with van der Waals surface area (Å²) >= 11 is 0. The van der Waals surface area contributed by atoms with Gasteiger partial charge in [0.1, 0.15) is 17.6 Å². The minimum atomic E-state index is 0.0723. The Bertz CT molecular complexity index is 344. The molecule has 0 aliphatic carbocycles. The Morgan fingerprint density at radius 2 is 2.06 bits per heavy atom. The Kier molecular flexibility index (Phi) is 4.24. The Balaban J connectivity index is 2.01. The van der Waals surface area contributed by atoms with Crippen molar-refractivity contribution < 1.29 is 9.15 Å². The van der Waals surface area contributed by atoms with E-state index in [-0.39, 0.29) is 6.10 Å². The van der Waals surface area contributed by atoms with E-state index < -0.39 is 0 Å². The van der Waals surface area contributed by atoms with Crippen LogP contribution < -0.4 is 5.32 Å². The van der Waals surface area contributed by atoms with Crippen LogP contribution in [0.1, 0.15) is 44.3 Å². The Labute approximate surface area is 104 Å². The van der Waals surface area contributed by atoms with Crippen LogP contribution in [0.2, 0.25) is 0 Å². The fourth-order valence-electron chi connectivity index (χ4n) is 2.55. The molecule has 96 valence electrons. The van der Waals surface area contributed by atoms with Crippen molar-refractivity contribution in [1.82, 2.24) is 5.32 Å². The first-order valence-electron chi connectivity index (χ1n) is 6.67. The third-order valence-corrected chi connectivity index (χ3v) is 3.67.